The molecule has 160 valence electrons. The molecule has 0 aliphatic carbocycles. The van der Waals surface area contributed by atoms with Crippen LogP contribution in [0.3, 0.4) is 0 Å². The Morgan fingerprint density at radius 1 is 0.806 bits per heavy atom. The molecule has 3 atom stereocenters. The first kappa shape index (κ1) is 20.1. The molecule has 0 spiro atoms. The van der Waals surface area contributed by atoms with Crippen LogP contribution in [-0.2, 0) is 4.74 Å². The summed E-state index contributed by atoms with van der Waals surface area (Å²) in [5.41, 5.74) is 8.05. The van der Waals surface area contributed by atoms with Crippen molar-refractivity contribution in [2.75, 3.05) is 4.90 Å². The van der Waals surface area contributed by atoms with Crippen molar-refractivity contribution in [3.8, 4) is 0 Å². The van der Waals surface area contributed by atoms with Gasteiger partial charge in [-0.25, -0.2) is 0 Å². The van der Waals surface area contributed by atoms with Crippen molar-refractivity contribution in [1.82, 2.24) is 0 Å². The zero-order valence-corrected chi connectivity index (χ0v) is 19.3. The Morgan fingerprint density at radius 3 is 2.23 bits per heavy atom. The van der Waals surface area contributed by atoms with Crippen LogP contribution in [0.5, 0.6) is 0 Å². The Kier molecular flexibility index (Phi) is 4.82. The van der Waals surface area contributed by atoms with E-state index in [2.05, 4.69) is 95.0 Å². The fourth-order valence-corrected chi connectivity index (χ4v) is 5.35. The van der Waals surface area contributed by atoms with E-state index in [1.807, 2.05) is 6.07 Å². The number of aryl methyl sites for hydroxylation is 3. The summed E-state index contributed by atoms with van der Waals surface area (Å²) in [4.78, 5) is 2.47. The van der Waals surface area contributed by atoms with E-state index in [4.69, 9.17) is 9.15 Å². The quantitative estimate of drug-likeness (QED) is 0.348. The number of para-hydroxylation sites is 1. The second-order valence-electron chi connectivity index (χ2n) is 9.36. The second-order valence-corrected chi connectivity index (χ2v) is 9.36. The van der Waals surface area contributed by atoms with Crippen molar-refractivity contribution in [2.24, 2.45) is 5.92 Å². The smallest absolute Gasteiger partial charge is 0.159 e. The highest BCUT2D eigenvalue weighted by Gasteiger charge is 2.44. The molecule has 2 heterocycles. The fourth-order valence-electron chi connectivity index (χ4n) is 5.35. The number of furan rings is 1. The van der Waals surface area contributed by atoms with E-state index in [-0.39, 0.29) is 18.4 Å². The molecule has 3 aromatic carbocycles. The molecule has 1 aromatic heterocycles. The van der Waals surface area contributed by atoms with Gasteiger partial charge in [-0.3, -0.25) is 0 Å². The van der Waals surface area contributed by atoms with E-state index in [1.54, 1.807) is 0 Å². The number of benzene rings is 3. The van der Waals surface area contributed by atoms with Crippen molar-refractivity contribution in [3.05, 3.63) is 76.9 Å². The van der Waals surface area contributed by atoms with E-state index in [9.17, 15) is 0 Å². The van der Waals surface area contributed by atoms with Crippen LogP contribution < -0.4 is 4.90 Å². The van der Waals surface area contributed by atoms with E-state index in [0.717, 1.165) is 27.6 Å². The van der Waals surface area contributed by atoms with Gasteiger partial charge >= 0.3 is 0 Å². The largest absolute Gasteiger partial charge is 0.454 e. The van der Waals surface area contributed by atoms with Crippen molar-refractivity contribution in [2.45, 2.75) is 59.9 Å². The minimum Gasteiger partial charge on any atom is -0.454 e. The third-order valence-electron chi connectivity index (χ3n) is 6.88. The van der Waals surface area contributed by atoms with Crippen molar-refractivity contribution < 1.29 is 9.15 Å². The summed E-state index contributed by atoms with van der Waals surface area (Å²) in [5, 5.41) is 2.33. The van der Waals surface area contributed by atoms with Gasteiger partial charge in [-0.15, -0.1) is 0 Å². The summed E-state index contributed by atoms with van der Waals surface area (Å²) in [7, 11) is 0. The molecule has 1 fully saturated rings. The molecule has 0 amide bonds. The van der Waals surface area contributed by atoms with Gasteiger partial charge in [-0.2, -0.15) is 0 Å². The Bertz CT molecular complexity index is 1250. The van der Waals surface area contributed by atoms with E-state index in [1.165, 1.54) is 22.3 Å². The van der Waals surface area contributed by atoms with Gasteiger partial charge in [-0.05, 0) is 56.4 Å². The van der Waals surface area contributed by atoms with Crippen LogP contribution in [0.4, 0.5) is 5.69 Å². The van der Waals surface area contributed by atoms with Crippen LogP contribution in [0.15, 0.2) is 59.0 Å². The normalized spacial score (nSPS) is 21.6. The maximum Gasteiger partial charge on any atom is 0.159 e. The molecule has 0 radical (unpaired) electrons. The summed E-state index contributed by atoms with van der Waals surface area (Å²) >= 11 is 0. The molecule has 1 aliphatic rings. The van der Waals surface area contributed by atoms with Crippen molar-refractivity contribution in [1.29, 1.82) is 0 Å². The van der Waals surface area contributed by atoms with Gasteiger partial charge < -0.3 is 14.1 Å². The number of rotatable bonds is 3. The SMILES string of the molecule is Cc1cccc(C)c1C1OC(C(C)C)[C@H](C)N1c1c(C)ccc2c1oc1ccccc12. The minimum atomic E-state index is -0.138. The first-order chi connectivity index (χ1) is 14.9. The summed E-state index contributed by atoms with van der Waals surface area (Å²) in [6, 6.07) is 19.4. The standard InChI is InChI=1S/C28H31NO2/c1-16(2)26-20(6)29(28(31-26)24-17(3)10-9-11-18(24)4)25-19(5)14-15-22-21-12-7-8-13-23(21)30-27(22)25/h7-16,20,26,28H,1-6H3/t20-,26?,28?/m0/s1. The van der Waals surface area contributed by atoms with Crippen LogP contribution >= 0.6 is 0 Å². The van der Waals surface area contributed by atoms with Gasteiger partial charge in [0.2, 0.25) is 0 Å². The van der Waals surface area contributed by atoms with E-state index < -0.39 is 0 Å². The first-order valence-corrected chi connectivity index (χ1v) is 11.3. The number of nitrogens with zero attached hydrogens (tertiary/aromatic N) is 1. The lowest BCUT2D eigenvalue weighted by atomic mass is 9.97. The lowest BCUT2D eigenvalue weighted by Crippen LogP contribution is -2.36. The van der Waals surface area contributed by atoms with Gasteiger partial charge in [0.05, 0.1) is 17.8 Å². The third-order valence-corrected chi connectivity index (χ3v) is 6.88. The maximum atomic E-state index is 6.81. The summed E-state index contributed by atoms with van der Waals surface area (Å²) < 4.78 is 13.3. The minimum absolute atomic E-state index is 0.138. The highest BCUT2D eigenvalue weighted by atomic mass is 16.5. The molecule has 0 bridgehead atoms. The Labute approximate surface area is 184 Å². The van der Waals surface area contributed by atoms with Crippen LogP contribution in [0.1, 0.15) is 49.3 Å². The van der Waals surface area contributed by atoms with Crippen LogP contribution in [0, 0.1) is 26.7 Å². The third kappa shape index (κ3) is 3.06. The topological polar surface area (TPSA) is 25.6 Å². The lowest BCUT2D eigenvalue weighted by Gasteiger charge is -2.32. The predicted octanol–water partition coefficient (Wildman–Crippen LogP) is 7.46. The molecule has 3 heteroatoms. The Morgan fingerprint density at radius 2 is 1.52 bits per heavy atom. The number of ether oxygens (including phenoxy) is 1. The average Bonchev–Trinajstić information content (AvgIpc) is 3.26. The predicted molar refractivity (Wildman–Crippen MR) is 129 cm³/mol. The molecule has 31 heavy (non-hydrogen) atoms. The van der Waals surface area contributed by atoms with Crippen molar-refractivity contribution in [3.63, 3.8) is 0 Å². The van der Waals surface area contributed by atoms with Crippen LogP contribution in [0.25, 0.3) is 21.9 Å². The molecule has 5 rings (SSSR count). The zero-order chi connectivity index (χ0) is 21.9. The molecule has 0 N–H and O–H groups in total. The van der Waals surface area contributed by atoms with Crippen molar-refractivity contribution >= 4 is 27.6 Å². The molecular formula is C28H31NO2. The van der Waals surface area contributed by atoms with Gasteiger partial charge in [0, 0.05) is 16.3 Å². The fraction of sp³-hybridized carbons (Fsp3) is 0.357. The molecule has 1 aliphatic heterocycles. The number of anilines is 1. The summed E-state index contributed by atoms with van der Waals surface area (Å²) in [6.07, 6.45) is 0.00385. The first-order valence-electron chi connectivity index (χ1n) is 11.3. The molecule has 4 aromatic rings. The summed E-state index contributed by atoms with van der Waals surface area (Å²) in [5.74, 6) is 0.419. The number of hydrogen-bond acceptors (Lipinski definition) is 3. The lowest BCUT2D eigenvalue weighted by molar-refractivity contribution is 0.0154. The van der Waals surface area contributed by atoms with E-state index >= 15 is 0 Å². The number of fused-ring (bicyclic) bond motifs is 3. The second kappa shape index (κ2) is 7.42. The van der Waals surface area contributed by atoms with Gasteiger partial charge in [-0.1, -0.05) is 62.4 Å². The van der Waals surface area contributed by atoms with Gasteiger partial charge in [0.15, 0.2) is 11.8 Å². The molecule has 2 unspecified atom stereocenters. The van der Waals surface area contributed by atoms with Crippen LogP contribution in [-0.4, -0.2) is 12.1 Å². The Balaban J connectivity index is 1.78. The highest BCUT2D eigenvalue weighted by molar-refractivity contribution is 6.09. The maximum absolute atomic E-state index is 6.81. The molecular weight excluding hydrogens is 382 g/mol. The molecule has 0 saturated carbocycles. The molecule has 1 saturated heterocycles. The van der Waals surface area contributed by atoms with Crippen LogP contribution in [0.2, 0.25) is 0 Å². The molecule has 3 nitrogen and oxygen atoms in total. The summed E-state index contributed by atoms with van der Waals surface area (Å²) in [6.45, 7) is 13.3. The Hall–Kier alpha value is -2.78. The average molecular weight is 414 g/mol. The highest BCUT2D eigenvalue weighted by Crippen LogP contribution is 2.47. The monoisotopic (exact) mass is 413 g/mol. The van der Waals surface area contributed by atoms with E-state index in [0.29, 0.717) is 5.92 Å². The number of hydrogen-bond donors (Lipinski definition) is 0. The van der Waals surface area contributed by atoms with Gasteiger partial charge in [0.1, 0.15) is 5.58 Å². The van der Waals surface area contributed by atoms with Gasteiger partial charge in [0.25, 0.3) is 0 Å². The zero-order valence-electron chi connectivity index (χ0n) is 19.3.